The molecule has 7 heteroatoms. The van der Waals surface area contributed by atoms with E-state index in [0.717, 1.165) is 12.1 Å². The van der Waals surface area contributed by atoms with Crippen molar-refractivity contribution in [3.63, 3.8) is 0 Å². The van der Waals surface area contributed by atoms with Gasteiger partial charge < -0.3 is 16.0 Å². The van der Waals surface area contributed by atoms with Crippen LogP contribution in [-0.2, 0) is 0 Å². The largest absolute Gasteiger partial charge is 0.350 e. The normalized spacial score (nSPS) is 15.5. The van der Waals surface area contributed by atoms with E-state index in [9.17, 15) is 9.59 Å². The molecule has 1 fully saturated rings. The average Bonchev–Trinajstić information content (AvgIpc) is 2.52. The van der Waals surface area contributed by atoms with E-state index in [1.54, 1.807) is 23.1 Å². The van der Waals surface area contributed by atoms with Crippen molar-refractivity contribution in [2.24, 2.45) is 0 Å². The fourth-order valence-corrected chi connectivity index (χ4v) is 2.14. The first-order valence-corrected chi connectivity index (χ1v) is 7.22. The molecule has 1 unspecified atom stereocenters. The Morgan fingerprint density at radius 1 is 1.45 bits per heavy atom. The van der Waals surface area contributed by atoms with E-state index in [1.165, 1.54) is 0 Å². The molecule has 0 saturated carbocycles. The molecule has 1 aromatic carbocycles. The van der Waals surface area contributed by atoms with Gasteiger partial charge in [0.2, 0.25) is 0 Å². The average molecular weight is 327 g/mol. The minimum Gasteiger partial charge on any atom is -0.350 e. The molecule has 22 heavy (non-hydrogen) atoms. The van der Waals surface area contributed by atoms with Crippen LogP contribution in [0.4, 0.5) is 10.5 Å². The van der Waals surface area contributed by atoms with Crippen LogP contribution in [0.15, 0.2) is 24.3 Å². The molecule has 0 radical (unpaired) electrons. The Kier molecular flexibility index (Phi) is 7.14. The van der Waals surface area contributed by atoms with Gasteiger partial charge in [0.05, 0.1) is 0 Å². The van der Waals surface area contributed by atoms with Gasteiger partial charge in [-0.15, -0.1) is 12.4 Å². The fourth-order valence-electron chi connectivity index (χ4n) is 2.14. The smallest absolute Gasteiger partial charge is 0.321 e. The molecule has 1 saturated heterocycles. The van der Waals surface area contributed by atoms with Crippen molar-refractivity contribution in [2.75, 3.05) is 31.6 Å². The van der Waals surface area contributed by atoms with Crippen LogP contribution in [-0.4, -0.2) is 44.7 Å². The number of carbonyl (C=O) groups excluding carboxylic acids is 2. The quantitative estimate of drug-likeness (QED) is 0.765. The zero-order valence-electron chi connectivity index (χ0n) is 12.9. The summed E-state index contributed by atoms with van der Waals surface area (Å²) in [5.74, 6) is -0.128. The van der Waals surface area contributed by atoms with Gasteiger partial charge in [-0.3, -0.25) is 9.69 Å². The van der Waals surface area contributed by atoms with Gasteiger partial charge in [-0.1, -0.05) is 6.07 Å². The maximum atomic E-state index is 12.1. The summed E-state index contributed by atoms with van der Waals surface area (Å²) in [6, 6.07) is 7.26. The summed E-state index contributed by atoms with van der Waals surface area (Å²) in [6.45, 7) is 3.93. The number of amides is 3. The highest BCUT2D eigenvalue weighted by Crippen LogP contribution is 2.18. The summed E-state index contributed by atoms with van der Waals surface area (Å²) in [4.78, 5) is 25.6. The highest BCUT2D eigenvalue weighted by molar-refractivity contribution is 5.97. The highest BCUT2D eigenvalue weighted by atomic mass is 35.5. The Hall–Kier alpha value is -1.79. The number of hydrogen-bond donors (Lipinski definition) is 3. The van der Waals surface area contributed by atoms with Crippen LogP contribution in [0.3, 0.4) is 0 Å². The van der Waals surface area contributed by atoms with Gasteiger partial charge in [-0.2, -0.15) is 0 Å². The summed E-state index contributed by atoms with van der Waals surface area (Å²) < 4.78 is 0. The zero-order valence-corrected chi connectivity index (χ0v) is 13.7. The molecule has 0 aliphatic carbocycles. The molecular weight excluding hydrogens is 304 g/mol. The van der Waals surface area contributed by atoms with Gasteiger partial charge in [0.1, 0.15) is 0 Å². The lowest BCUT2D eigenvalue weighted by Gasteiger charge is -2.27. The number of benzene rings is 1. The second-order valence-corrected chi connectivity index (χ2v) is 5.19. The predicted molar refractivity (Wildman–Crippen MR) is 89.9 cm³/mol. The molecule has 1 heterocycles. The number of nitrogens with zero attached hydrogens (tertiary/aromatic N) is 1. The summed E-state index contributed by atoms with van der Waals surface area (Å²) in [6.07, 6.45) is 0.905. The lowest BCUT2D eigenvalue weighted by atomic mass is 10.1. The molecule has 1 aliphatic heterocycles. The molecule has 0 spiro atoms. The van der Waals surface area contributed by atoms with Crippen molar-refractivity contribution < 1.29 is 9.59 Å². The lowest BCUT2D eigenvalue weighted by molar-refractivity contribution is 0.0950. The Morgan fingerprint density at radius 3 is 2.91 bits per heavy atom. The second kappa shape index (κ2) is 8.60. The van der Waals surface area contributed by atoms with E-state index >= 15 is 0 Å². The monoisotopic (exact) mass is 326 g/mol. The summed E-state index contributed by atoms with van der Waals surface area (Å²) in [5, 5.41) is 8.74. The van der Waals surface area contributed by atoms with Crippen LogP contribution in [0.1, 0.15) is 23.7 Å². The molecule has 1 atom stereocenters. The van der Waals surface area contributed by atoms with Crippen LogP contribution < -0.4 is 20.9 Å². The molecule has 3 N–H and O–H groups in total. The number of rotatable bonds is 5. The van der Waals surface area contributed by atoms with E-state index in [0.29, 0.717) is 25.2 Å². The van der Waals surface area contributed by atoms with Crippen molar-refractivity contribution >= 4 is 30.0 Å². The van der Waals surface area contributed by atoms with E-state index in [-0.39, 0.29) is 30.4 Å². The first-order valence-electron chi connectivity index (χ1n) is 7.22. The molecule has 2 rings (SSSR count). The molecular formula is C15H23ClN4O2. The fraction of sp³-hybridized carbons (Fsp3) is 0.467. The van der Waals surface area contributed by atoms with Gasteiger partial charge in [0.25, 0.3) is 5.91 Å². The second-order valence-electron chi connectivity index (χ2n) is 5.19. The molecule has 6 nitrogen and oxygen atoms in total. The Morgan fingerprint density at radius 2 is 2.23 bits per heavy atom. The lowest BCUT2D eigenvalue weighted by Crippen LogP contribution is -2.46. The van der Waals surface area contributed by atoms with E-state index in [1.807, 2.05) is 20.0 Å². The Labute approximate surface area is 137 Å². The third kappa shape index (κ3) is 4.61. The first-order chi connectivity index (χ1) is 10.1. The number of likely N-dealkylation sites (N-methyl/N-ethyl adjacent to an activating group) is 1. The van der Waals surface area contributed by atoms with Crippen molar-refractivity contribution in [1.82, 2.24) is 16.0 Å². The van der Waals surface area contributed by atoms with Crippen LogP contribution in [0.5, 0.6) is 0 Å². The number of urea groups is 1. The number of nitrogens with one attached hydrogen (secondary N) is 3. The van der Waals surface area contributed by atoms with Crippen molar-refractivity contribution in [2.45, 2.75) is 19.4 Å². The van der Waals surface area contributed by atoms with Gasteiger partial charge in [0, 0.05) is 36.9 Å². The SMILES string of the molecule is CNC(C)CNC(=O)c1cccc(N2CCCNC2=O)c1.Cl. The van der Waals surface area contributed by atoms with E-state index < -0.39 is 0 Å². The maximum Gasteiger partial charge on any atom is 0.321 e. The molecule has 0 bridgehead atoms. The van der Waals surface area contributed by atoms with Crippen molar-refractivity contribution in [3.05, 3.63) is 29.8 Å². The summed E-state index contributed by atoms with van der Waals surface area (Å²) >= 11 is 0. The van der Waals surface area contributed by atoms with Crippen LogP contribution in [0.2, 0.25) is 0 Å². The van der Waals surface area contributed by atoms with Crippen molar-refractivity contribution in [3.8, 4) is 0 Å². The third-order valence-corrected chi connectivity index (χ3v) is 3.56. The third-order valence-electron chi connectivity index (χ3n) is 3.56. The summed E-state index contributed by atoms with van der Waals surface area (Å²) in [5.41, 5.74) is 1.32. The van der Waals surface area contributed by atoms with Gasteiger partial charge in [-0.05, 0) is 38.6 Å². The molecule has 1 aromatic rings. The van der Waals surface area contributed by atoms with Crippen molar-refractivity contribution in [1.29, 1.82) is 0 Å². The van der Waals surface area contributed by atoms with Gasteiger partial charge in [0.15, 0.2) is 0 Å². The minimum absolute atomic E-state index is 0. The Balaban J connectivity index is 0.00000242. The van der Waals surface area contributed by atoms with Crippen LogP contribution >= 0.6 is 12.4 Å². The molecule has 0 aromatic heterocycles. The predicted octanol–water partition coefficient (Wildman–Crippen LogP) is 1.37. The number of carbonyl (C=O) groups is 2. The number of halogens is 1. The van der Waals surface area contributed by atoms with E-state index in [4.69, 9.17) is 0 Å². The van der Waals surface area contributed by atoms with Crippen LogP contribution in [0.25, 0.3) is 0 Å². The van der Waals surface area contributed by atoms with Gasteiger partial charge >= 0.3 is 6.03 Å². The molecule has 122 valence electrons. The molecule has 1 aliphatic rings. The number of hydrogen-bond acceptors (Lipinski definition) is 3. The van der Waals surface area contributed by atoms with Gasteiger partial charge in [-0.25, -0.2) is 4.79 Å². The molecule has 3 amide bonds. The standard InChI is InChI=1S/C15H22N4O2.ClH/c1-11(16-2)10-18-14(20)12-5-3-6-13(9-12)19-8-4-7-17-15(19)21;/h3,5-6,9,11,16H,4,7-8,10H2,1-2H3,(H,17,21)(H,18,20);1H. The minimum atomic E-state index is -0.128. The number of anilines is 1. The highest BCUT2D eigenvalue weighted by Gasteiger charge is 2.20. The Bertz CT molecular complexity index is 524. The van der Waals surface area contributed by atoms with Crippen LogP contribution in [0, 0.1) is 0 Å². The zero-order chi connectivity index (χ0) is 15.2. The first kappa shape index (κ1) is 18.3. The maximum absolute atomic E-state index is 12.1. The summed E-state index contributed by atoms with van der Waals surface area (Å²) in [7, 11) is 1.85. The van der Waals surface area contributed by atoms with E-state index in [2.05, 4.69) is 16.0 Å². The topological polar surface area (TPSA) is 73.5 Å².